The summed E-state index contributed by atoms with van der Waals surface area (Å²) in [5.74, 6) is -0.149. The molecule has 1 saturated carbocycles. The van der Waals surface area contributed by atoms with Gasteiger partial charge in [-0.2, -0.15) is 0 Å². The Labute approximate surface area is 126 Å². The molecule has 3 N–H and O–H groups in total. The first kappa shape index (κ1) is 16.3. The fraction of sp³-hybridized carbons (Fsp3) is 0.875. The normalized spacial score (nSPS) is 26.8. The van der Waals surface area contributed by atoms with Crippen molar-refractivity contribution in [2.75, 3.05) is 13.1 Å². The van der Waals surface area contributed by atoms with Gasteiger partial charge in [0.2, 0.25) is 5.91 Å². The monoisotopic (exact) mass is 296 g/mol. The number of carboxylic acid groups (broad SMARTS) is 1. The highest BCUT2D eigenvalue weighted by molar-refractivity contribution is 5.87. The summed E-state index contributed by atoms with van der Waals surface area (Å²) < 4.78 is 0. The van der Waals surface area contributed by atoms with Gasteiger partial charge >= 0.3 is 5.97 Å². The lowest BCUT2D eigenvalue weighted by Gasteiger charge is -2.35. The number of carbonyl (C=O) groups excluding carboxylic acids is 1. The minimum absolute atomic E-state index is 0.0997. The lowest BCUT2D eigenvalue weighted by Crippen LogP contribution is -2.56. The summed E-state index contributed by atoms with van der Waals surface area (Å²) in [7, 11) is 0. The summed E-state index contributed by atoms with van der Waals surface area (Å²) in [6, 6.07) is 0. The maximum absolute atomic E-state index is 12.3. The third-order valence-corrected chi connectivity index (χ3v) is 5.14. The Morgan fingerprint density at radius 3 is 2.57 bits per heavy atom. The smallest absolute Gasteiger partial charge is 0.329 e. The Balaban J connectivity index is 1.88. The van der Waals surface area contributed by atoms with Gasteiger partial charge in [0.05, 0.1) is 0 Å². The van der Waals surface area contributed by atoms with E-state index in [2.05, 4.69) is 17.6 Å². The summed E-state index contributed by atoms with van der Waals surface area (Å²) in [5.41, 5.74) is -1.01. The quantitative estimate of drug-likeness (QED) is 0.724. The van der Waals surface area contributed by atoms with Crippen LogP contribution in [0.5, 0.6) is 0 Å². The van der Waals surface area contributed by atoms with Crippen molar-refractivity contribution in [2.24, 2.45) is 11.8 Å². The Hall–Kier alpha value is -1.10. The molecule has 0 aromatic rings. The lowest BCUT2D eigenvalue weighted by molar-refractivity contribution is -0.149. The molecule has 2 atom stereocenters. The number of carboxylic acids is 1. The number of amides is 1. The van der Waals surface area contributed by atoms with Gasteiger partial charge in [0.25, 0.3) is 0 Å². The van der Waals surface area contributed by atoms with Crippen LogP contribution < -0.4 is 10.6 Å². The van der Waals surface area contributed by atoms with Gasteiger partial charge in [0, 0.05) is 6.42 Å². The van der Waals surface area contributed by atoms with Gasteiger partial charge in [-0.15, -0.1) is 0 Å². The largest absolute Gasteiger partial charge is 0.480 e. The zero-order valence-electron chi connectivity index (χ0n) is 13.0. The number of aliphatic carboxylic acids is 1. The molecule has 0 aromatic carbocycles. The van der Waals surface area contributed by atoms with Crippen molar-refractivity contribution in [1.29, 1.82) is 0 Å². The van der Waals surface area contributed by atoms with Crippen molar-refractivity contribution in [3.8, 4) is 0 Å². The Kier molecular flexibility index (Phi) is 5.62. The van der Waals surface area contributed by atoms with Crippen LogP contribution in [-0.2, 0) is 9.59 Å². The molecular formula is C16H28N2O3. The van der Waals surface area contributed by atoms with Crippen LogP contribution in [0.4, 0.5) is 0 Å². The van der Waals surface area contributed by atoms with Gasteiger partial charge in [-0.1, -0.05) is 26.2 Å². The molecule has 1 amide bonds. The number of hydrogen-bond acceptors (Lipinski definition) is 3. The van der Waals surface area contributed by atoms with Crippen molar-refractivity contribution in [3.05, 3.63) is 0 Å². The highest BCUT2D eigenvalue weighted by atomic mass is 16.4. The molecule has 0 spiro atoms. The van der Waals surface area contributed by atoms with Crippen molar-refractivity contribution in [3.63, 3.8) is 0 Å². The Morgan fingerprint density at radius 2 is 2.00 bits per heavy atom. The van der Waals surface area contributed by atoms with Crippen molar-refractivity contribution >= 4 is 11.9 Å². The molecule has 0 aromatic heterocycles. The number of carbonyl (C=O) groups is 2. The molecule has 5 heteroatoms. The van der Waals surface area contributed by atoms with Crippen LogP contribution in [0.2, 0.25) is 0 Å². The van der Waals surface area contributed by atoms with Crippen LogP contribution in [-0.4, -0.2) is 35.6 Å². The van der Waals surface area contributed by atoms with Gasteiger partial charge < -0.3 is 15.7 Å². The minimum atomic E-state index is -1.01. The second-order valence-electron chi connectivity index (χ2n) is 6.78. The van der Waals surface area contributed by atoms with Gasteiger partial charge in [-0.3, -0.25) is 4.79 Å². The topological polar surface area (TPSA) is 78.4 Å². The number of nitrogens with one attached hydrogen (secondary N) is 2. The Morgan fingerprint density at radius 1 is 1.29 bits per heavy atom. The highest BCUT2D eigenvalue weighted by Gasteiger charge is 2.41. The average molecular weight is 296 g/mol. The molecule has 1 heterocycles. The van der Waals surface area contributed by atoms with Gasteiger partial charge in [-0.25, -0.2) is 4.79 Å². The highest BCUT2D eigenvalue weighted by Crippen LogP contribution is 2.29. The van der Waals surface area contributed by atoms with Crippen molar-refractivity contribution in [1.82, 2.24) is 10.6 Å². The first-order chi connectivity index (χ1) is 10.0. The molecule has 5 nitrogen and oxygen atoms in total. The fourth-order valence-electron chi connectivity index (χ4n) is 3.69. The molecule has 1 aliphatic heterocycles. The molecule has 0 radical (unpaired) electrons. The van der Waals surface area contributed by atoms with Crippen LogP contribution in [0.1, 0.15) is 58.3 Å². The molecular weight excluding hydrogens is 268 g/mol. The third-order valence-electron chi connectivity index (χ3n) is 5.14. The molecule has 0 bridgehead atoms. The predicted molar refractivity (Wildman–Crippen MR) is 81.0 cm³/mol. The molecule has 120 valence electrons. The van der Waals surface area contributed by atoms with Crippen LogP contribution >= 0.6 is 0 Å². The van der Waals surface area contributed by atoms with Crippen LogP contribution in [0, 0.1) is 11.8 Å². The van der Waals surface area contributed by atoms with Gasteiger partial charge in [-0.05, 0) is 50.6 Å². The standard InChI is InChI=1S/C16H28N2O3/c1-12(13-6-5-9-17-11-13)10-14(19)18-16(15(20)21)7-3-2-4-8-16/h12-13,17H,2-11H2,1H3,(H,18,19)(H,20,21). The molecule has 2 rings (SSSR count). The molecule has 1 aliphatic carbocycles. The van der Waals surface area contributed by atoms with E-state index in [1.54, 1.807) is 0 Å². The van der Waals surface area contributed by atoms with Crippen LogP contribution in [0.25, 0.3) is 0 Å². The minimum Gasteiger partial charge on any atom is -0.480 e. The van der Waals surface area contributed by atoms with E-state index in [1.165, 1.54) is 0 Å². The molecule has 1 saturated heterocycles. The van der Waals surface area contributed by atoms with E-state index in [1.807, 2.05) is 0 Å². The summed E-state index contributed by atoms with van der Waals surface area (Å²) in [4.78, 5) is 23.9. The van der Waals surface area contributed by atoms with Crippen molar-refractivity contribution in [2.45, 2.75) is 63.8 Å². The maximum Gasteiger partial charge on any atom is 0.329 e. The first-order valence-corrected chi connectivity index (χ1v) is 8.29. The van der Waals surface area contributed by atoms with Crippen molar-refractivity contribution < 1.29 is 14.7 Å². The first-order valence-electron chi connectivity index (χ1n) is 8.29. The van der Waals surface area contributed by atoms with E-state index < -0.39 is 11.5 Å². The summed E-state index contributed by atoms with van der Waals surface area (Å²) in [5, 5.41) is 15.7. The number of hydrogen-bond donors (Lipinski definition) is 3. The van der Waals surface area contributed by atoms with E-state index in [0.717, 1.165) is 45.2 Å². The average Bonchev–Trinajstić information content (AvgIpc) is 2.48. The summed E-state index contributed by atoms with van der Waals surface area (Å²) in [6.45, 7) is 4.14. The predicted octanol–water partition coefficient (Wildman–Crippen LogP) is 1.92. The van der Waals surface area contributed by atoms with E-state index >= 15 is 0 Å². The number of rotatable bonds is 5. The molecule has 2 aliphatic rings. The second kappa shape index (κ2) is 7.25. The second-order valence-corrected chi connectivity index (χ2v) is 6.78. The molecule has 2 unspecified atom stereocenters. The van der Waals surface area contributed by atoms with E-state index in [0.29, 0.717) is 31.1 Å². The van der Waals surface area contributed by atoms with E-state index in [9.17, 15) is 14.7 Å². The van der Waals surface area contributed by atoms with E-state index in [4.69, 9.17) is 0 Å². The lowest BCUT2D eigenvalue weighted by atomic mass is 9.81. The zero-order valence-corrected chi connectivity index (χ0v) is 13.0. The van der Waals surface area contributed by atoms with Gasteiger partial charge in [0.1, 0.15) is 5.54 Å². The van der Waals surface area contributed by atoms with Gasteiger partial charge in [0.15, 0.2) is 0 Å². The number of piperidine rings is 1. The summed E-state index contributed by atoms with van der Waals surface area (Å²) >= 11 is 0. The van der Waals surface area contributed by atoms with E-state index in [-0.39, 0.29) is 5.91 Å². The SMILES string of the molecule is CC(CC(=O)NC1(C(=O)O)CCCCC1)C1CCCNC1. The van der Waals surface area contributed by atoms with Crippen LogP contribution in [0.15, 0.2) is 0 Å². The fourth-order valence-corrected chi connectivity index (χ4v) is 3.69. The third kappa shape index (κ3) is 4.19. The summed E-state index contributed by atoms with van der Waals surface area (Å²) in [6.07, 6.45) is 6.71. The van der Waals surface area contributed by atoms with Crippen LogP contribution in [0.3, 0.4) is 0 Å². The Bertz CT molecular complexity index is 372. The molecule has 21 heavy (non-hydrogen) atoms. The maximum atomic E-state index is 12.3. The molecule has 2 fully saturated rings. The zero-order chi connectivity index (χ0) is 15.3.